The molecular formula is C10H6F2N2O. The molecule has 0 atom stereocenters. The first-order valence-electron chi connectivity index (χ1n) is 4.17. The highest BCUT2D eigenvalue weighted by molar-refractivity contribution is 5.75. The molecule has 0 saturated carbocycles. The molecular weight excluding hydrogens is 202 g/mol. The van der Waals surface area contributed by atoms with E-state index in [9.17, 15) is 13.6 Å². The van der Waals surface area contributed by atoms with E-state index in [0.717, 1.165) is 6.07 Å². The van der Waals surface area contributed by atoms with Crippen LogP contribution in [0.15, 0.2) is 24.3 Å². The molecule has 2 rings (SSSR count). The summed E-state index contributed by atoms with van der Waals surface area (Å²) in [6.45, 7) is 0. The number of carbonyl (C=O) groups is 1. The zero-order valence-electron chi connectivity index (χ0n) is 7.50. The van der Waals surface area contributed by atoms with E-state index >= 15 is 0 Å². The fraction of sp³-hybridized carbons (Fsp3) is 0. The first-order valence-corrected chi connectivity index (χ1v) is 4.17. The molecule has 0 unspecified atom stereocenters. The van der Waals surface area contributed by atoms with Gasteiger partial charge in [-0.05, 0) is 18.2 Å². The van der Waals surface area contributed by atoms with Crippen molar-refractivity contribution in [2.45, 2.75) is 0 Å². The highest BCUT2D eigenvalue weighted by atomic mass is 19.2. The van der Waals surface area contributed by atoms with E-state index in [4.69, 9.17) is 0 Å². The summed E-state index contributed by atoms with van der Waals surface area (Å²) in [5.41, 5.74) is 0.446. The fourth-order valence-corrected chi connectivity index (χ4v) is 1.24. The normalized spacial score (nSPS) is 10.3. The van der Waals surface area contributed by atoms with E-state index in [1.54, 1.807) is 0 Å². The Bertz CT molecular complexity index is 508. The lowest BCUT2D eigenvalue weighted by Gasteiger charge is -1.98. The standard InChI is InChI=1S/C10H6F2N2O/c11-8-3-1-2-7(10(8)12)9-4-6(5-15)13-14-9/h1-5H,(H,13,14). The number of rotatable bonds is 2. The smallest absolute Gasteiger partial charge is 0.168 e. The van der Waals surface area contributed by atoms with Crippen molar-refractivity contribution >= 4 is 6.29 Å². The molecule has 0 amide bonds. The highest BCUT2D eigenvalue weighted by Crippen LogP contribution is 2.22. The van der Waals surface area contributed by atoms with Crippen LogP contribution in [0, 0.1) is 11.6 Å². The van der Waals surface area contributed by atoms with Crippen LogP contribution in [0.2, 0.25) is 0 Å². The highest BCUT2D eigenvalue weighted by Gasteiger charge is 2.12. The second kappa shape index (κ2) is 3.61. The van der Waals surface area contributed by atoms with Crippen LogP contribution >= 0.6 is 0 Å². The van der Waals surface area contributed by atoms with Crippen molar-refractivity contribution in [3.63, 3.8) is 0 Å². The molecule has 76 valence electrons. The summed E-state index contributed by atoms with van der Waals surface area (Å²) in [6, 6.07) is 5.14. The van der Waals surface area contributed by atoms with Crippen molar-refractivity contribution in [1.82, 2.24) is 10.2 Å². The summed E-state index contributed by atoms with van der Waals surface area (Å²) >= 11 is 0. The van der Waals surface area contributed by atoms with Crippen molar-refractivity contribution in [2.24, 2.45) is 0 Å². The molecule has 0 saturated heterocycles. The van der Waals surface area contributed by atoms with Gasteiger partial charge in [-0.15, -0.1) is 0 Å². The average molecular weight is 208 g/mol. The van der Waals surface area contributed by atoms with Gasteiger partial charge in [-0.2, -0.15) is 5.10 Å². The fourth-order valence-electron chi connectivity index (χ4n) is 1.24. The number of H-pyrrole nitrogens is 1. The molecule has 0 aliphatic rings. The maximum absolute atomic E-state index is 13.3. The Morgan fingerprint density at radius 2 is 2.13 bits per heavy atom. The first-order chi connectivity index (χ1) is 7.22. The summed E-state index contributed by atoms with van der Waals surface area (Å²) < 4.78 is 26.2. The summed E-state index contributed by atoms with van der Waals surface area (Å²) in [5.74, 6) is -1.91. The third-order valence-corrected chi connectivity index (χ3v) is 1.95. The largest absolute Gasteiger partial charge is 0.296 e. The van der Waals surface area contributed by atoms with Crippen LogP contribution in [-0.4, -0.2) is 16.5 Å². The number of nitrogens with one attached hydrogen (secondary N) is 1. The Labute approximate surface area is 83.7 Å². The zero-order chi connectivity index (χ0) is 10.8. The average Bonchev–Trinajstić information content (AvgIpc) is 2.70. The minimum atomic E-state index is -0.971. The van der Waals surface area contributed by atoms with E-state index < -0.39 is 11.6 Å². The van der Waals surface area contributed by atoms with E-state index in [1.165, 1.54) is 18.2 Å². The molecule has 1 heterocycles. The van der Waals surface area contributed by atoms with Crippen molar-refractivity contribution in [1.29, 1.82) is 0 Å². The van der Waals surface area contributed by atoms with Crippen molar-refractivity contribution < 1.29 is 13.6 Å². The lowest BCUT2D eigenvalue weighted by atomic mass is 10.1. The molecule has 1 N–H and O–H groups in total. The summed E-state index contributed by atoms with van der Waals surface area (Å²) in [6.07, 6.45) is 0.549. The monoisotopic (exact) mass is 208 g/mol. The van der Waals surface area contributed by atoms with Gasteiger partial charge >= 0.3 is 0 Å². The molecule has 0 aliphatic heterocycles. The van der Waals surface area contributed by atoms with Gasteiger partial charge in [-0.1, -0.05) is 6.07 Å². The van der Waals surface area contributed by atoms with Gasteiger partial charge in [0.25, 0.3) is 0 Å². The topological polar surface area (TPSA) is 45.8 Å². The summed E-state index contributed by atoms with van der Waals surface area (Å²) in [5, 5.41) is 6.09. The quantitative estimate of drug-likeness (QED) is 0.768. The molecule has 0 aliphatic carbocycles. The minimum Gasteiger partial charge on any atom is -0.296 e. The van der Waals surface area contributed by atoms with Crippen molar-refractivity contribution in [2.75, 3.05) is 0 Å². The Morgan fingerprint density at radius 1 is 1.33 bits per heavy atom. The molecule has 0 fully saturated rings. The summed E-state index contributed by atoms with van der Waals surface area (Å²) in [7, 11) is 0. The van der Waals surface area contributed by atoms with Crippen LogP contribution in [0.5, 0.6) is 0 Å². The van der Waals surface area contributed by atoms with E-state index in [1.807, 2.05) is 0 Å². The SMILES string of the molecule is O=Cc1cc(-c2cccc(F)c2F)n[nH]1. The lowest BCUT2D eigenvalue weighted by molar-refractivity contribution is 0.111. The lowest BCUT2D eigenvalue weighted by Crippen LogP contribution is -1.88. The Balaban J connectivity index is 2.53. The van der Waals surface area contributed by atoms with Crippen molar-refractivity contribution in [3.05, 3.63) is 41.6 Å². The van der Waals surface area contributed by atoms with Crippen LogP contribution in [-0.2, 0) is 0 Å². The number of halogens is 2. The van der Waals surface area contributed by atoms with Gasteiger partial charge in [0.15, 0.2) is 17.9 Å². The Hall–Kier alpha value is -2.04. The number of carbonyl (C=O) groups excluding carboxylic acids is 1. The molecule has 3 nitrogen and oxygen atoms in total. The summed E-state index contributed by atoms with van der Waals surface area (Å²) in [4.78, 5) is 10.4. The third-order valence-electron chi connectivity index (χ3n) is 1.95. The zero-order valence-corrected chi connectivity index (χ0v) is 7.50. The Morgan fingerprint density at radius 3 is 2.80 bits per heavy atom. The maximum Gasteiger partial charge on any atom is 0.168 e. The van der Waals surface area contributed by atoms with E-state index in [0.29, 0.717) is 6.29 Å². The molecule has 0 spiro atoms. The van der Waals surface area contributed by atoms with Crippen LogP contribution in [0.3, 0.4) is 0 Å². The number of hydrogen-bond donors (Lipinski definition) is 1. The number of aromatic nitrogens is 2. The van der Waals surface area contributed by atoms with Gasteiger partial charge in [-0.25, -0.2) is 8.78 Å². The second-order valence-corrected chi connectivity index (χ2v) is 2.93. The van der Waals surface area contributed by atoms with Crippen molar-refractivity contribution in [3.8, 4) is 11.3 Å². The predicted octanol–water partition coefficient (Wildman–Crippen LogP) is 2.17. The molecule has 1 aromatic carbocycles. The molecule has 5 heteroatoms. The van der Waals surface area contributed by atoms with Gasteiger partial charge < -0.3 is 0 Å². The van der Waals surface area contributed by atoms with Gasteiger partial charge in [-0.3, -0.25) is 9.89 Å². The molecule has 0 radical (unpaired) electrons. The molecule has 2 aromatic rings. The van der Waals surface area contributed by atoms with E-state index in [2.05, 4.69) is 10.2 Å². The Kier molecular flexibility index (Phi) is 2.29. The number of aromatic amines is 1. The van der Waals surface area contributed by atoms with Crippen LogP contribution in [0.25, 0.3) is 11.3 Å². The maximum atomic E-state index is 13.3. The van der Waals surface area contributed by atoms with E-state index in [-0.39, 0.29) is 17.0 Å². The number of aldehydes is 1. The van der Waals surface area contributed by atoms with Gasteiger partial charge in [0.2, 0.25) is 0 Å². The second-order valence-electron chi connectivity index (χ2n) is 2.93. The van der Waals surface area contributed by atoms with Gasteiger partial charge in [0.1, 0.15) is 0 Å². The minimum absolute atomic E-state index is 0.0272. The van der Waals surface area contributed by atoms with Crippen LogP contribution in [0.4, 0.5) is 8.78 Å². The predicted molar refractivity (Wildman–Crippen MR) is 49.3 cm³/mol. The molecule has 1 aromatic heterocycles. The van der Waals surface area contributed by atoms with Gasteiger partial charge in [0.05, 0.1) is 11.4 Å². The van der Waals surface area contributed by atoms with Gasteiger partial charge in [0, 0.05) is 5.56 Å². The number of benzene rings is 1. The first kappa shape index (κ1) is 9.51. The van der Waals surface area contributed by atoms with Crippen LogP contribution < -0.4 is 0 Å². The molecule has 15 heavy (non-hydrogen) atoms. The van der Waals surface area contributed by atoms with Crippen LogP contribution in [0.1, 0.15) is 10.5 Å². The molecule has 0 bridgehead atoms. The number of nitrogens with zero attached hydrogens (tertiary/aromatic N) is 1. The number of hydrogen-bond acceptors (Lipinski definition) is 2. The third kappa shape index (κ3) is 1.63.